The van der Waals surface area contributed by atoms with Gasteiger partial charge in [0.2, 0.25) is 6.29 Å². The van der Waals surface area contributed by atoms with Gasteiger partial charge in [-0.2, -0.15) is 0 Å². The van der Waals surface area contributed by atoms with Crippen molar-refractivity contribution >= 4 is 34.1 Å². The highest BCUT2D eigenvalue weighted by atomic mass is 35.5. The lowest BCUT2D eigenvalue weighted by Gasteiger charge is -2.16. The Balaban J connectivity index is 1.91. The molecule has 2 aliphatic heterocycles. The third kappa shape index (κ3) is 2.57. The SMILES string of the molecule is O=C(Cl)O[C@H]1CC2OC[C@@H](OC(=O)Cl)C2O1. The highest BCUT2D eigenvalue weighted by molar-refractivity contribution is 6.61. The number of rotatable bonds is 2. The van der Waals surface area contributed by atoms with Crippen molar-refractivity contribution in [2.24, 2.45) is 0 Å². The van der Waals surface area contributed by atoms with Crippen LogP contribution in [0.15, 0.2) is 0 Å². The molecule has 0 saturated carbocycles. The molecule has 6 nitrogen and oxygen atoms in total. The standard InChI is InChI=1S/C8H8Cl2O6/c9-7(11)14-4-2-13-3-1-5(15-6(3)4)16-8(10)12/h3-6H,1-2H2/t3?,4-,5+,6?/m1/s1. The monoisotopic (exact) mass is 270 g/mol. The van der Waals surface area contributed by atoms with Gasteiger partial charge in [0.05, 0.1) is 12.7 Å². The first kappa shape index (κ1) is 11.9. The minimum absolute atomic E-state index is 0.218. The number of carbonyl (C=O) groups excluding carboxylic acids is 2. The van der Waals surface area contributed by atoms with E-state index in [0.29, 0.717) is 6.42 Å². The summed E-state index contributed by atoms with van der Waals surface area (Å²) in [5.74, 6) is 0. The van der Waals surface area contributed by atoms with Gasteiger partial charge < -0.3 is 18.9 Å². The summed E-state index contributed by atoms with van der Waals surface area (Å²) in [4.78, 5) is 21.1. The van der Waals surface area contributed by atoms with Gasteiger partial charge in [0, 0.05) is 29.6 Å². The van der Waals surface area contributed by atoms with E-state index in [0.717, 1.165) is 0 Å². The summed E-state index contributed by atoms with van der Waals surface area (Å²) in [5.41, 5.74) is -1.87. The molecule has 0 bridgehead atoms. The van der Waals surface area contributed by atoms with E-state index in [1.54, 1.807) is 0 Å². The van der Waals surface area contributed by atoms with Gasteiger partial charge in [-0.1, -0.05) is 0 Å². The van der Waals surface area contributed by atoms with Gasteiger partial charge in [0.1, 0.15) is 6.10 Å². The van der Waals surface area contributed by atoms with Crippen LogP contribution >= 0.6 is 23.2 Å². The molecule has 0 amide bonds. The molecular formula is C8H8Cl2O6. The maximum absolute atomic E-state index is 10.6. The van der Waals surface area contributed by atoms with Crippen LogP contribution in [0.1, 0.15) is 6.42 Å². The topological polar surface area (TPSA) is 71.1 Å². The maximum Gasteiger partial charge on any atom is 0.406 e. The fraction of sp³-hybridized carbons (Fsp3) is 0.750. The Morgan fingerprint density at radius 2 is 1.88 bits per heavy atom. The summed E-state index contributed by atoms with van der Waals surface area (Å²) in [7, 11) is 0. The minimum Gasteiger partial charge on any atom is -0.445 e. The average molecular weight is 271 g/mol. The van der Waals surface area contributed by atoms with E-state index in [1.165, 1.54) is 0 Å². The number of halogens is 2. The highest BCUT2D eigenvalue weighted by Crippen LogP contribution is 2.33. The average Bonchev–Trinajstić information content (AvgIpc) is 2.66. The molecule has 90 valence electrons. The summed E-state index contributed by atoms with van der Waals surface area (Å²) in [5, 5.41) is 0. The molecule has 0 aromatic carbocycles. The molecule has 0 spiro atoms. The van der Waals surface area contributed by atoms with E-state index in [2.05, 4.69) is 4.74 Å². The molecule has 0 N–H and O–H groups in total. The number of carbonyl (C=O) groups is 2. The predicted octanol–water partition coefficient (Wildman–Crippen LogP) is 1.62. The smallest absolute Gasteiger partial charge is 0.406 e. The van der Waals surface area contributed by atoms with Crippen molar-refractivity contribution in [1.29, 1.82) is 0 Å². The molecule has 2 fully saturated rings. The van der Waals surface area contributed by atoms with Crippen LogP contribution in [0, 0.1) is 0 Å². The number of fused-ring (bicyclic) bond motifs is 1. The van der Waals surface area contributed by atoms with Crippen molar-refractivity contribution in [2.45, 2.75) is 31.0 Å². The third-order valence-corrected chi connectivity index (χ3v) is 2.59. The largest absolute Gasteiger partial charge is 0.445 e. The first-order valence-corrected chi connectivity index (χ1v) is 5.31. The van der Waals surface area contributed by atoms with Crippen LogP contribution in [-0.4, -0.2) is 42.1 Å². The Kier molecular flexibility index (Phi) is 3.53. The Morgan fingerprint density at radius 3 is 2.50 bits per heavy atom. The Hall–Kier alpha value is -0.560. The van der Waals surface area contributed by atoms with Crippen molar-refractivity contribution < 1.29 is 28.5 Å². The van der Waals surface area contributed by atoms with Gasteiger partial charge in [0.15, 0.2) is 6.10 Å². The van der Waals surface area contributed by atoms with Crippen LogP contribution in [0.4, 0.5) is 9.59 Å². The summed E-state index contributed by atoms with van der Waals surface area (Å²) >= 11 is 10.1. The van der Waals surface area contributed by atoms with Crippen molar-refractivity contribution in [3.8, 4) is 0 Å². The maximum atomic E-state index is 10.6. The molecule has 8 heteroatoms. The van der Waals surface area contributed by atoms with Crippen LogP contribution < -0.4 is 0 Å². The number of ether oxygens (including phenoxy) is 4. The lowest BCUT2D eigenvalue weighted by molar-refractivity contribution is -0.112. The Bertz CT molecular complexity index is 309. The van der Waals surface area contributed by atoms with E-state index in [4.69, 9.17) is 37.4 Å². The van der Waals surface area contributed by atoms with E-state index in [-0.39, 0.29) is 12.7 Å². The van der Waals surface area contributed by atoms with Gasteiger partial charge in [-0.05, 0) is 0 Å². The van der Waals surface area contributed by atoms with Gasteiger partial charge in [0.25, 0.3) is 0 Å². The molecule has 0 radical (unpaired) electrons. The molecular weight excluding hydrogens is 263 g/mol. The molecule has 2 aliphatic rings. The summed E-state index contributed by atoms with van der Waals surface area (Å²) in [6.07, 6.45) is -1.73. The molecule has 0 aromatic rings. The highest BCUT2D eigenvalue weighted by Gasteiger charge is 2.49. The zero-order valence-corrected chi connectivity index (χ0v) is 9.44. The molecule has 2 saturated heterocycles. The van der Waals surface area contributed by atoms with E-state index < -0.39 is 29.4 Å². The first-order valence-electron chi connectivity index (χ1n) is 4.55. The van der Waals surface area contributed by atoms with Crippen LogP contribution in [0.2, 0.25) is 0 Å². The fourth-order valence-corrected chi connectivity index (χ4v) is 2.06. The minimum atomic E-state index is -0.948. The van der Waals surface area contributed by atoms with Crippen molar-refractivity contribution in [3.05, 3.63) is 0 Å². The molecule has 2 unspecified atom stereocenters. The van der Waals surface area contributed by atoms with E-state index >= 15 is 0 Å². The van der Waals surface area contributed by atoms with Gasteiger partial charge in [-0.3, -0.25) is 0 Å². The van der Waals surface area contributed by atoms with E-state index in [1.807, 2.05) is 0 Å². The predicted molar refractivity (Wildman–Crippen MR) is 51.5 cm³/mol. The lowest BCUT2D eigenvalue weighted by Crippen LogP contribution is -2.31. The van der Waals surface area contributed by atoms with Crippen LogP contribution in [-0.2, 0) is 18.9 Å². The summed E-state index contributed by atoms with van der Waals surface area (Å²) < 4.78 is 20.1. The van der Waals surface area contributed by atoms with Crippen LogP contribution in [0.25, 0.3) is 0 Å². The number of hydrogen-bond donors (Lipinski definition) is 0. The van der Waals surface area contributed by atoms with Crippen molar-refractivity contribution in [2.75, 3.05) is 6.61 Å². The summed E-state index contributed by atoms with van der Waals surface area (Å²) in [6.45, 7) is 0.218. The zero-order valence-electron chi connectivity index (χ0n) is 7.93. The second-order valence-electron chi connectivity index (χ2n) is 3.39. The fourth-order valence-electron chi connectivity index (χ4n) is 1.84. The van der Waals surface area contributed by atoms with Crippen LogP contribution in [0.5, 0.6) is 0 Å². The molecule has 16 heavy (non-hydrogen) atoms. The molecule has 0 aromatic heterocycles. The Morgan fingerprint density at radius 1 is 1.19 bits per heavy atom. The zero-order chi connectivity index (χ0) is 11.7. The molecule has 2 rings (SSSR count). The molecule has 4 atom stereocenters. The molecule has 0 aliphatic carbocycles. The second kappa shape index (κ2) is 4.75. The Labute approximate surface area is 101 Å². The lowest BCUT2D eigenvalue weighted by atomic mass is 10.1. The second-order valence-corrected chi connectivity index (χ2v) is 4.00. The van der Waals surface area contributed by atoms with Crippen molar-refractivity contribution in [1.82, 2.24) is 0 Å². The third-order valence-electron chi connectivity index (χ3n) is 2.41. The van der Waals surface area contributed by atoms with Crippen LogP contribution in [0.3, 0.4) is 0 Å². The molecule has 2 heterocycles. The normalized spacial score (nSPS) is 36.9. The summed E-state index contributed by atoms with van der Waals surface area (Å²) in [6, 6.07) is 0. The quantitative estimate of drug-likeness (QED) is 0.710. The first-order chi connectivity index (χ1) is 7.56. The van der Waals surface area contributed by atoms with Gasteiger partial charge in [-0.15, -0.1) is 0 Å². The van der Waals surface area contributed by atoms with Gasteiger partial charge in [-0.25, -0.2) is 9.59 Å². The van der Waals surface area contributed by atoms with Gasteiger partial charge >= 0.3 is 10.9 Å². The number of hydrogen-bond acceptors (Lipinski definition) is 6. The van der Waals surface area contributed by atoms with E-state index in [9.17, 15) is 9.59 Å². The van der Waals surface area contributed by atoms with Crippen molar-refractivity contribution in [3.63, 3.8) is 0 Å².